The molecule has 0 bridgehead atoms. The lowest BCUT2D eigenvalue weighted by atomic mass is 10.0. The minimum absolute atomic E-state index is 0.0425. The Hall–Kier alpha value is -3.97. The fourth-order valence-electron chi connectivity index (χ4n) is 3.01. The van der Waals surface area contributed by atoms with Crippen LogP contribution in [0.1, 0.15) is 5.56 Å². The number of anilines is 1. The van der Waals surface area contributed by atoms with Crippen LogP contribution in [0.15, 0.2) is 58.1 Å². The summed E-state index contributed by atoms with van der Waals surface area (Å²) in [5.74, 6) is -0.870. The highest BCUT2D eigenvalue weighted by atomic mass is 35.5. The van der Waals surface area contributed by atoms with Gasteiger partial charge in [-0.3, -0.25) is 4.72 Å². The first kappa shape index (κ1) is 28.3. The minimum atomic E-state index is -4.27. The Bertz CT molecular complexity index is 1390. The number of aromatic nitrogens is 1. The first-order valence-electron chi connectivity index (χ1n) is 10.3. The highest BCUT2D eigenvalue weighted by Gasteiger charge is 2.24. The Morgan fingerprint density at radius 3 is 2.67 bits per heavy atom. The summed E-state index contributed by atoms with van der Waals surface area (Å²) < 4.78 is 48.8. The van der Waals surface area contributed by atoms with Gasteiger partial charge in [-0.2, -0.15) is 4.85 Å². The molecule has 0 saturated heterocycles. The predicted molar refractivity (Wildman–Crippen MR) is 141 cm³/mol. The minimum Gasteiger partial charge on any atom is -0.480 e. The van der Waals surface area contributed by atoms with Gasteiger partial charge in [0.2, 0.25) is 5.88 Å². The lowest BCUT2D eigenvalue weighted by Gasteiger charge is -2.15. The van der Waals surface area contributed by atoms with Crippen LogP contribution < -0.4 is 20.1 Å². The number of rotatable bonds is 10. The van der Waals surface area contributed by atoms with E-state index in [1.165, 1.54) is 50.7 Å². The fourth-order valence-corrected chi connectivity index (χ4v) is 4.31. The van der Waals surface area contributed by atoms with Crippen LogP contribution >= 0.6 is 11.6 Å². The second-order valence-corrected chi connectivity index (χ2v) is 9.03. The number of sulfonamides is 1. The van der Waals surface area contributed by atoms with E-state index in [0.29, 0.717) is 11.1 Å². The van der Waals surface area contributed by atoms with E-state index in [1.54, 1.807) is 13.1 Å². The van der Waals surface area contributed by atoms with Gasteiger partial charge in [0, 0.05) is 12.1 Å². The second kappa shape index (κ2) is 13.2. The maximum absolute atomic E-state index is 15.6. The van der Waals surface area contributed by atoms with E-state index in [0.717, 1.165) is 0 Å². The lowest BCUT2D eigenvalue weighted by Crippen LogP contribution is -2.17. The van der Waals surface area contributed by atoms with Crippen LogP contribution in [-0.2, 0) is 10.0 Å². The molecular weight excluding hydrogens is 509 g/mol. The molecule has 3 N–H and O–H groups in total. The van der Waals surface area contributed by atoms with Gasteiger partial charge >= 0.3 is 5.96 Å². The maximum atomic E-state index is 15.6. The summed E-state index contributed by atoms with van der Waals surface area (Å²) in [6, 6.07) is 6.83. The predicted octanol–water partition coefficient (Wildman–Crippen LogP) is 3.67. The van der Waals surface area contributed by atoms with Crippen LogP contribution in [-0.4, -0.2) is 53.7 Å². The number of hydrogen-bond donors (Lipinski definition) is 3. The summed E-state index contributed by atoms with van der Waals surface area (Å²) >= 11 is 5.82. The quantitative estimate of drug-likeness (QED) is 0.186. The molecule has 0 amide bonds. The van der Waals surface area contributed by atoms with Gasteiger partial charge in [0.15, 0.2) is 5.82 Å². The summed E-state index contributed by atoms with van der Waals surface area (Å²) in [5, 5.41) is 5.80. The summed E-state index contributed by atoms with van der Waals surface area (Å²) in [6.07, 6.45) is 3.17. The van der Waals surface area contributed by atoms with E-state index in [-0.39, 0.29) is 46.2 Å². The van der Waals surface area contributed by atoms with Crippen LogP contribution in [0.5, 0.6) is 5.88 Å². The molecule has 36 heavy (non-hydrogen) atoms. The largest absolute Gasteiger partial charge is 0.487 e. The number of nitrogens with zero attached hydrogens (tertiary/aromatic N) is 4. The van der Waals surface area contributed by atoms with Crippen LogP contribution in [0.4, 0.5) is 10.1 Å². The summed E-state index contributed by atoms with van der Waals surface area (Å²) in [4.78, 5) is 14.5. The topological polar surface area (TPSA) is 113 Å². The first-order chi connectivity index (χ1) is 17.2. The second-order valence-electron chi connectivity index (χ2n) is 6.99. The number of benzene rings is 1. The number of aliphatic imine (C=N–C) groups is 1. The average Bonchev–Trinajstić information content (AvgIpc) is 2.85. The van der Waals surface area contributed by atoms with Crippen molar-refractivity contribution < 1.29 is 17.5 Å². The lowest BCUT2D eigenvalue weighted by molar-refractivity contribution is 0.385. The average molecular weight is 534 g/mol. The van der Waals surface area contributed by atoms with Crippen molar-refractivity contribution in [3.8, 4) is 19.0 Å². The zero-order valence-electron chi connectivity index (χ0n) is 19.8. The molecule has 0 atom stereocenters. The van der Waals surface area contributed by atoms with Gasteiger partial charge in [0.25, 0.3) is 23.1 Å². The van der Waals surface area contributed by atoms with Gasteiger partial charge in [-0.1, -0.05) is 28.6 Å². The number of pyridine rings is 1. The van der Waals surface area contributed by atoms with E-state index in [4.69, 9.17) is 29.5 Å². The first-order valence-corrected chi connectivity index (χ1v) is 12.1. The van der Waals surface area contributed by atoms with Crippen LogP contribution in [0.3, 0.4) is 0 Å². The van der Waals surface area contributed by atoms with Crippen molar-refractivity contribution in [3.05, 3.63) is 74.4 Å². The molecule has 0 fully saturated rings. The molecule has 0 spiro atoms. The van der Waals surface area contributed by atoms with Crippen molar-refractivity contribution in [3.63, 3.8) is 0 Å². The van der Waals surface area contributed by atoms with Crippen molar-refractivity contribution in [2.75, 3.05) is 39.0 Å². The molecule has 0 saturated carbocycles. The zero-order chi connectivity index (χ0) is 26.7. The molecule has 1 aromatic carbocycles. The molecule has 0 aliphatic rings. The maximum Gasteiger partial charge on any atom is 0.487 e. The molecule has 1 heterocycles. The molecule has 10 nitrogen and oxygen atoms in total. The van der Waals surface area contributed by atoms with Gasteiger partial charge in [-0.25, -0.2) is 23.1 Å². The Labute approximate surface area is 214 Å². The molecule has 1 aromatic heterocycles. The van der Waals surface area contributed by atoms with Crippen molar-refractivity contribution in [2.45, 2.75) is 4.90 Å². The molecule has 0 radical (unpaired) electrons. The van der Waals surface area contributed by atoms with E-state index >= 15 is 4.39 Å². The van der Waals surface area contributed by atoms with Gasteiger partial charge in [0.05, 0.1) is 38.2 Å². The third-order valence-electron chi connectivity index (χ3n) is 4.58. The van der Waals surface area contributed by atoms with Gasteiger partial charge < -0.3 is 10.1 Å². The SMILES string of the molecule is C#[N+]CC(=C\NC(=NC)[N+]#C)/C=C(\CNC)c1cccc(NS(=O)(=O)c2ccc(Cl)nc2OC)c1F. The number of ether oxygens (including phenoxy) is 1. The summed E-state index contributed by atoms with van der Waals surface area (Å²) in [6.45, 7) is 10.9. The Morgan fingerprint density at radius 2 is 2.06 bits per heavy atom. The summed E-state index contributed by atoms with van der Waals surface area (Å²) in [7, 11) is 0.165. The van der Waals surface area contributed by atoms with E-state index in [2.05, 4.69) is 35.0 Å². The monoisotopic (exact) mass is 533 g/mol. The van der Waals surface area contributed by atoms with E-state index in [9.17, 15) is 8.42 Å². The third kappa shape index (κ3) is 7.26. The molecule has 0 unspecified atom stereocenters. The number of halogens is 2. The fraction of sp³-hybridized carbons (Fsp3) is 0.217. The number of likely N-dealkylation sites (N-methyl/N-ethyl adjacent to an activating group) is 1. The third-order valence-corrected chi connectivity index (χ3v) is 6.17. The Balaban J connectivity index is 2.52. The molecule has 2 aromatic rings. The zero-order valence-corrected chi connectivity index (χ0v) is 21.4. The number of methoxy groups -OCH3 is 1. The standard InChI is InChI=1S/C23H25ClFN7O3S/c1-26-12-15(13-30-23(28-3)29-4)11-16(14-27-2)17-7-6-8-18(21(17)25)32-36(33,34)19-9-10-20(24)31-22(19)35-5/h1,3,6-11,13,27,32H,12,14H2,2,4-5H3,(H,29,30)/q+2/b15-13-,16-11+. The van der Waals surface area contributed by atoms with Gasteiger partial charge in [0.1, 0.15) is 10.0 Å². The number of nitrogens with one attached hydrogen (secondary N) is 3. The van der Waals surface area contributed by atoms with Crippen molar-refractivity contribution in [1.82, 2.24) is 15.6 Å². The number of hydrogen-bond acceptors (Lipinski definition) is 6. The molecule has 0 aliphatic carbocycles. The highest BCUT2D eigenvalue weighted by molar-refractivity contribution is 7.92. The molecular formula is C23H25ClFN7O3S+2. The molecule has 188 valence electrons. The van der Waals surface area contributed by atoms with E-state index in [1.807, 2.05) is 0 Å². The van der Waals surface area contributed by atoms with Crippen molar-refractivity contribution >= 4 is 38.8 Å². The van der Waals surface area contributed by atoms with Crippen molar-refractivity contribution in [2.24, 2.45) is 4.99 Å². The van der Waals surface area contributed by atoms with Crippen LogP contribution in [0, 0.1) is 19.0 Å². The van der Waals surface area contributed by atoms with Gasteiger partial charge in [-0.05, 0) is 36.9 Å². The van der Waals surface area contributed by atoms with Gasteiger partial charge in [-0.15, -0.1) is 4.99 Å². The molecule has 13 heteroatoms. The number of guanidine groups is 1. The Morgan fingerprint density at radius 1 is 1.31 bits per heavy atom. The van der Waals surface area contributed by atoms with Crippen molar-refractivity contribution in [1.29, 1.82) is 0 Å². The molecule has 2 rings (SSSR count). The summed E-state index contributed by atoms with van der Waals surface area (Å²) in [5.41, 5.74) is 0.899. The smallest absolute Gasteiger partial charge is 0.480 e. The van der Waals surface area contributed by atoms with E-state index < -0.39 is 15.8 Å². The molecule has 0 aliphatic heterocycles. The normalized spacial score (nSPS) is 12.5. The Kier molecular flexibility index (Phi) is 10.4. The van der Waals surface area contributed by atoms with Crippen LogP contribution in [0.25, 0.3) is 15.3 Å². The van der Waals surface area contributed by atoms with Crippen LogP contribution in [0.2, 0.25) is 5.15 Å². The highest BCUT2D eigenvalue weighted by Crippen LogP contribution is 2.29.